The number of hydrogen-bond acceptors (Lipinski definition) is 3. The Bertz CT molecular complexity index is 613. The maximum Gasteiger partial charge on any atom is 0.120 e. The van der Waals surface area contributed by atoms with Crippen molar-refractivity contribution in [2.45, 2.75) is 31.9 Å². The van der Waals surface area contributed by atoms with Crippen molar-refractivity contribution in [1.29, 1.82) is 0 Å². The van der Waals surface area contributed by atoms with Gasteiger partial charge in [0.05, 0.1) is 12.1 Å². The molecule has 0 amide bonds. The van der Waals surface area contributed by atoms with Crippen LogP contribution in [0.5, 0.6) is 5.75 Å². The first-order valence-corrected chi connectivity index (χ1v) is 8.16. The van der Waals surface area contributed by atoms with Crippen LogP contribution >= 0.6 is 15.9 Å². The van der Waals surface area contributed by atoms with E-state index in [1.807, 2.05) is 12.3 Å². The van der Waals surface area contributed by atoms with Crippen LogP contribution in [-0.2, 0) is 0 Å². The summed E-state index contributed by atoms with van der Waals surface area (Å²) < 4.78 is 6.89. The molecule has 4 heteroatoms. The monoisotopic (exact) mass is 346 g/mol. The zero-order chi connectivity index (χ0) is 14.7. The number of nitrogens with zero attached hydrogens (tertiary/aromatic N) is 1. The molecule has 110 valence electrons. The van der Waals surface area contributed by atoms with Crippen LogP contribution in [0.25, 0.3) is 0 Å². The molecule has 3 rings (SSSR count). The molecule has 1 unspecified atom stereocenters. The normalized spacial score (nSPS) is 15.7. The van der Waals surface area contributed by atoms with Crippen molar-refractivity contribution in [3.8, 4) is 5.75 Å². The molecule has 2 aromatic rings. The Morgan fingerprint density at radius 1 is 1.29 bits per heavy atom. The van der Waals surface area contributed by atoms with Crippen molar-refractivity contribution in [2.24, 2.45) is 0 Å². The molecule has 1 saturated carbocycles. The van der Waals surface area contributed by atoms with E-state index in [0.717, 1.165) is 22.3 Å². The average Bonchev–Trinajstić information content (AvgIpc) is 3.29. The fraction of sp³-hybridized carbons (Fsp3) is 0.353. The van der Waals surface area contributed by atoms with Crippen molar-refractivity contribution in [3.05, 3.63) is 58.3 Å². The first-order chi connectivity index (χ1) is 10.3. The van der Waals surface area contributed by atoms with E-state index in [1.54, 1.807) is 6.20 Å². The lowest BCUT2D eigenvalue weighted by Crippen LogP contribution is -2.22. The highest BCUT2D eigenvalue weighted by molar-refractivity contribution is 9.10. The van der Waals surface area contributed by atoms with Gasteiger partial charge < -0.3 is 10.1 Å². The molecular weight excluding hydrogens is 328 g/mol. The second-order valence-corrected chi connectivity index (χ2v) is 6.23. The lowest BCUT2D eigenvalue weighted by atomic mass is 10.00. The minimum atomic E-state index is 0.128. The van der Waals surface area contributed by atoms with Gasteiger partial charge in [-0.05, 0) is 64.6 Å². The molecule has 0 saturated heterocycles. The molecule has 1 aliphatic carbocycles. The molecule has 1 N–H and O–H groups in total. The van der Waals surface area contributed by atoms with Gasteiger partial charge in [-0.2, -0.15) is 0 Å². The Kier molecular flexibility index (Phi) is 4.56. The molecule has 21 heavy (non-hydrogen) atoms. The highest BCUT2D eigenvalue weighted by atomic mass is 79.9. The first-order valence-electron chi connectivity index (χ1n) is 7.36. The van der Waals surface area contributed by atoms with Crippen LogP contribution in [0.2, 0.25) is 0 Å². The highest BCUT2D eigenvalue weighted by Crippen LogP contribution is 2.30. The van der Waals surface area contributed by atoms with Crippen molar-refractivity contribution in [2.75, 3.05) is 6.54 Å². The predicted molar refractivity (Wildman–Crippen MR) is 87.5 cm³/mol. The second-order valence-electron chi connectivity index (χ2n) is 5.32. The van der Waals surface area contributed by atoms with Gasteiger partial charge in [0.25, 0.3) is 0 Å². The van der Waals surface area contributed by atoms with E-state index in [0.29, 0.717) is 6.10 Å². The second kappa shape index (κ2) is 6.58. The van der Waals surface area contributed by atoms with Gasteiger partial charge >= 0.3 is 0 Å². The molecule has 0 aliphatic heterocycles. The fourth-order valence-electron chi connectivity index (χ4n) is 2.36. The summed E-state index contributed by atoms with van der Waals surface area (Å²) in [5.41, 5.74) is 2.35. The smallest absolute Gasteiger partial charge is 0.120 e. The van der Waals surface area contributed by atoms with Crippen LogP contribution in [0, 0.1) is 0 Å². The molecule has 1 atom stereocenters. The van der Waals surface area contributed by atoms with E-state index in [9.17, 15) is 0 Å². The molecule has 0 bridgehead atoms. The van der Waals surface area contributed by atoms with Crippen LogP contribution in [0.1, 0.15) is 36.9 Å². The summed E-state index contributed by atoms with van der Waals surface area (Å²) in [5, 5.41) is 3.52. The number of halogens is 1. The number of aromatic nitrogens is 1. The minimum Gasteiger partial charge on any atom is -0.490 e. The van der Waals surface area contributed by atoms with Crippen LogP contribution in [-0.4, -0.2) is 17.6 Å². The van der Waals surface area contributed by atoms with Gasteiger partial charge in [0.1, 0.15) is 5.75 Å². The summed E-state index contributed by atoms with van der Waals surface area (Å²) in [7, 11) is 0. The number of nitrogens with one attached hydrogen (secondary N) is 1. The summed E-state index contributed by atoms with van der Waals surface area (Å²) in [5.74, 6) is 0.959. The molecule has 1 heterocycles. The number of ether oxygens (including phenoxy) is 1. The third-order valence-corrected chi connectivity index (χ3v) is 3.92. The van der Waals surface area contributed by atoms with Crippen molar-refractivity contribution >= 4 is 15.9 Å². The third kappa shape index (κ3) is 3.83. The topological polar surface area (TPSA) is 34.2 Å². The molecule has 1 aromatic heterocycles. The van der Waals surface area contributed by atoms with E-state index >= 15 is 0 Å². The molecular formula is C17H19BrN2O. The highest BCUT2D eigenvalue weighted by Gasteiger charge is 2.24. The maximum absolute atomic E-state index is 5.90. The van der Waals surface area contributed by atoms with Crippen LogP contribution in [0.4, 0.5) is 0 Å². The zero-order valence-corrected chi connectivity index (χ0v) is 13.6. The summed E-state index contributed by atoms with van der Waals surface area (Å²) in [6.45, 7) is 3.01. The average molecular weight is 347 g/mol. The van der Waals surface area contributed by atoms with E-state index in [4.69, 9.17) is 4.74 Å². The number of benzene rings is 1. The number of rotatable bonds is 6. The summed E-state index contributed by atoms with van der Waals surface area (Å²) >= 11 is 3.49. The van der Waals surface area contributed by atoms with Crippen molar-refractivity contribution in [3.63, 3.8) is 0 Å². The maximum atomic E-state index is 5.90. The summed E-state index contributed by atoms with van der Waals surface area (Å²) in [6.07, 6.45) is 6.49. The largest absolute Gasteiger partial charge is 0.490 e. The van der Waals surface area contributed by atoms with Crippen LogP contribution < -0.4 is 10.1 Å². The third-order valence-electron chi connectivity index (χ3n) is 3.49. The zero-order valence-electron chi connectivity index (χ0n) is 12.1. The van der Waals surface area contributed by atoms with Gasteiger partial charge in [-0.1, -0.05) is 19.1 Å². The molecule has 3 nitrogen and oxygen atoms in total. The Morgan fingerprint density at radius 2 is 2.14 bits per heavy atom. The Hall–Kier alpha value is -1.39. The molecule has 0 spiro atoms. The number of hydrogen-bond donors (Lipinski definition) is 1. The fourth-order valence-corrected chi connectivity index (χ4v) is 2.75. The summed E-state index contributed by atoms with van der Waals surface area (Å²) in [4.78, 5) is 4.28. The van der Waals surface area contributed by atoms with Gasteiger partial charge in [-0.25, -0.2) is 0 Å². The van der Waals surface area contributed by atoms with Gasteiger partial charge in [0, 0.05) is 16.9 Å². The Labute approximate surface area is 133 Å². The van der Waals surface area contributed by atoms with Crippen LogP contribution in [0.15, 0.2) is 47.2 Å². The van der Waals surface area contributed by atoms with Crippen molar-refractivity contribution < 1.29 is 4.74 Å². The molecule has 1 fully saturated rings. The predicted octanol–water partition coefficient (Wildman–Crippen LogP) is 4.08. The van der Waals surface area contributed by atoms with Gasteiger partial charge in [-0.15, -0.1) is 0 Å². The van der Waals surface area contributed by atoms with E-state index < -0.39 is 0 Å². The summed E-state index contributed by atoms with van der Waals surface area (Å²) in [6, 6.07) is 10.6. The SMILES string of the molecule is CCNC(c1cncc(Br)c1)c1cccc(OC2CC2)c1. The lowest BCUT2D eigenvalue weighted by Gasteiger charge is -2.19. The van der Waals surface area contributed by atoms with E-state index in [1.165, 1.54) is 18.4 Å². The Balaban J connectivity index is 1.88. The van der Waals surface area contributed by atoms with Crippen LogP contribution in [0.3, 0.4) is 0 Å². The minimum absolute atomic E-state index is 0.128. The van der Waals surface area contributed by atoms with Gasteiger partial charge in [0.15, 0.2) is 0 Å². The standard InChI is InChI=1S/C17H19BrN2O/c1-2-20-17(13-8-14(18)11-19-10-13)12-4-3-5-16(9-12)21-15-6-7-15/h3-5,8-11,15,17,20H,2,6-7H2,1H3. The van der Waals surface area contributed by atoms with Gasteiger partial charge in [-0.3, -0.25) is 4.98 Å². The first kappa shape index (κ1) is 14.5. The Morgan fingerprint density at radius 3 is 2.86 bits per heavy atom. The molecule has 1 aliphatic rings. The molecule has 1 aromatic carbocycles. The van der Waals surface area contributed by atoms with E-state index in [-0.39, 0.29) is 6.04 Å². The van der Waals surface area contributed by atoms with Crippen molar-refractivity contribution in [1.82, 2.24) is 10.3 Å². The molecule has 0 radical (unpaired) electrons. The number of pyridine rings is 1. The lowest BCUT2D eigenvalue weighted by molar-refractivity contribution is 0.302. The quantitative estimate of drug-likeness (QED) is 0.855. The van der Waals surface area contributed by atoms with Gasteiger partial charge in [0.2, 0.25) is 0 Å². The van der Waals surface area contributed by atoms with E-state index in [2.05, 4.69) is 57.4 Å².